The Morgan fingerprint density at radius 3 is 2.82 bits per heavy atom. The van der Waals surface area contributed by atoms with Crippen molar-refractivity contribution in [3.63, 3.8) is 0 Å². The molecule has 0 amide bonds. The number of aryl methyl sites for hydroxylation is 1. The van der Waals surface area contributed by atoms with E-state index >= 15 is 0 Å². The van der Waals surface area contributed by atoms with Crippen molar-refractivity contribution in [3.8, 4) is 5.75 Å². The van der Waals surface area contributed by atoms with Crippen LogP contribution in [0.1, 0.15) is 63.1 Å². The molecule has 5 nitrogen and oxygen atoms in total. The second-order valence-corrected chi connectivity index (χ2v) is 8.50. The molecule has 0 aliphatic heterocycles. The van der Waals surface area contributed by atoms with E-state index < -0.39 is 0 Å². The summed E-state index contributed by atoms with van der Waals surface area (Å²) in [6.07, 6.45) is 6.02. The fraction of sp³-hybridized carbons (Fsp3) is 0.682. The first-order valence-electron chi connectivity index (χ1n) is 10.6. The molecule has 0 unspecified atom stereocenters. The van der Waals surface area contributed by atoms with Gasteiger partial charge < -0.3 is 14.8 Å². The van der Waals surface area contributed by atoms with Crippen LogP contribution in [0.15, 0.2) is 18.2 Å². The summed E-state index contributed by atoms with van der Waals surface area (Å²) in [5.41, 5.74) is 2.53. The minimum atomic E-state index is -0.173. The molecule has 1 aromatic carbocycles. The van der Waals surface area contributed by atoms with E-state index in [1.165, 1.54) is 24.0 Å². The van der Waals surface area contributed by atoms with Crippen LogP contribution < -0.4 is 14.8 Å². The lowest BCUT2D eigenvalue weighted by molar-refractivity contribution is -0.141. The van der Waals surface area contributed by atoms with E-state index in [0.29, 0.717) is 19.2 Å². The van der Waals surface area contributed by atoms with Gasteiger partial charge in [0.15, 0.2) is 0 Å². The Kier molecular flexibility index (Phi) is 10.8. The molecule has 1 aliphatic rings. The Labute approximate surface area is 174 Å². The van der Waals surface area contributed by atoms with E-state index in [1.54, 1.807) is 11.9 Å². The Balaban J connectivity index is 1.54. The van der Waals surface area contributed by atoms with Crippen molar-refractivity contribution in [2.75, 3.05) is 32.1 Å². The molecule has 1 aromatic rings. The van der Waals surface area contributed by atoms with Crippen molar-refractivity contribution in [2.24, 2.45) is 5.92 Å². The summed E-state index contributed by atoms with van der Waals surface area (Å²) in [6.45, 7) is 8.62. The van der Waals surface area contributed by atoms with Gasteiger partial charge in [-0.05, 0) is 82.2 Å². The number of rotatable bonds is 15. The second kappa shape index (κ2) is 13.1. The Morgan fingerprint density at radius 2 is 2.07 bits per heavy atom. The Hall–Kier alpha value is -1.24. The van der Waals surface area contributed by atoms with Crippen molar-refractivity contribution in [1.29, 1.82) is 0 Å². The summed E-state index contributed by atoms with van der Waals surface area (Å²) < 4.78 is 14.4. The highest BCUT2D eigenvalue weighted by molar-refractivity contribution is 7.97. The fourth-order valence-corrected chi connectivity index (χ4v) is 3.72. The zero-order valence-corrected chi connectivity index (χ0v) is 18.4. The van der Waals surface area contributed by atoms with Gasteiger partial charge in [-0.25, -0.2) is 0 Å². The number of ether oxygens (including phenoxy) is 2. The van der Waals surface area contributed by atoms with Gasteiger partial charge in [-0.1, -0.05) is 24.4 Å². The molecule has 1 fully saturated rings. The maximum absolute atomic E-state index is 11.2. The van der Waals surface area contributed by atoms with Crippen LogP contribution in [0.3, 0.4) is 0 Å². The molecule has 1 saturated carbocycles. The van der Waals surface area contributed by atoms with Crippen molar-refractivity contribution in [2.45, 2.75) is 58.9 Å². The summed E-state index contributed by atoms with van der Waals surface area (Å²) in [5.74, 6) is 2.68. The van der Waals surface area contributed by atoms with E-state index in [-0.39, 0.29) is 5.97 Å². The van der Waals surface area contributed by atoms with Gasteiger partial charge in [-0.2, -0.15) is 0 Å². The van der Waals surface area contributed by atoms with E-state index in [9.17, 15) is 4.79 Å². The highest BCUT2D eigenvalue weighted by Crippen LogP contribution is 2.30. The van der Waals surface area contributed by atoms with Crippen LogP contribution in [0.2, 0.25) is 0 Å². The lowest BCUT2D eigenvalue weighted by Gasteiger charge is -2.16. The van der Waals surface area contributed by atoms with Crippen LogP contribution >= 0.6 is 11.9 Å². The molecule has 158 valence electrons. The molecule has 6 heteroatoms. The molecular weight excluding hydrogens is 372 g/mol. The normalized spacial score (nSPS) is 14.7. The average Bonchev–Trinajstić information content (AvgIpc) is 3.49. The largest absolute Gasteiger partial charge is 0.493 e. The van der Waals surface area contributed by atoms with E-state index in [1.807, 2.05) is 6.92 Å². The van der Waals surface area contributed by atoms with Crippen LogP contribution in [-0.2, 0) is 9.53 Å². The number of hydrogen-bond donors (Lipinski definition) is 2. The maximum Gasteiger partial charge on any atom is 0.319 e. The van der Waals surface area contributed by atoms with Crippen LogP contribution in [-0.4, -0.2) is 38.0 Å². The second-order valence-electron chi connectivity index (χ2n) is 7.56. The number of hydrogen-bond acceptors (Lipinski definition) is 6. The molecular formula is C22H36N2O3S. The van der Waals surface area contributed by atoms with E-state index in [0.717, 1.165) is 49.8 Å². The standard InChI is InChI=1S/C22H36N2O3S/c1-4-26-22(25)15-23-10-6-5-7-11-28-24-18(3)20-12-17(2)13-21(14-20)27-16-19-8-9-19/h12-14,18-19,23-24H,4-11,15-16H2,1-3H3/t18-/m0/s1. The van der Waals surface area contributed by atoms with Gasteiger partial charge in [-0.15, -0.1) is 0 Å². The zero-order valence-electron chi connectivity index (χ0n) is 17.6. The third-order valence-electron chi connectivity index (χ3n) is 4.69. The number of unbranched alkanes of at least 4 members (excludes halogenated alkanes) is 2. The van der Waals surface area contributed by atoms with Crippen LogP contribution in [0.4, 0.5) is 0 Å². The minimum Gasteiger partial charge on any atom is -0.493 e. The smallest absolute Gasteiger partial charge is 0.319 e. The van der Waals surface area contributed by atoms with Crippen molar-refractivity contribution < 1.29 is 14.3 Å². The highest BCUT2D eigenvalue weighted by atomic mass is 32.2. The third kappa shape index (κ3) is 9.80. The van der Waals surface area contributed by atoms with Gasteiger partial charge in [-0.3, -0.25) is 9.52 Å². The molecule has 0 spiro atoms. The van der Waals surface area contributed by atoms with E-state index in [4.69, 9.17) is 9.47 Å². The predicted molar refractivity (Wildman–Crippen MR) is 117 cm³/mol. The Bertz CT molecular complexity index is 593. The Morgan fingerprint density at radius 1 is 1.25 bits per heavy atom. The quantitative estimate of drug-likeness (QED) is 0.255. The topological polar surface area (TPSA) is 59.6 Å². The number of esters is 1. The average molecular weight is 409 g/mol. The summed E-state index contributed by atoms with van der Waals surface area (Å²) in [5, 5.41) is 3.12. The van der Waals surface area contributed by atoms with Crippen LogP contribution in [0, 0.1) is 12.8 Å². The van der Waals surface area contributed by atoms with Gasteiger partial charge in [0.05, 0.1) is 19.8 Å². The molecule has 2 rings (SSSR count). The van der Waals surface area contributed by atoms with E-state index in [2.05, 4.69) is 42.1 Å². The van der Waals surface area contributed by atoms with Crippen molar-refractivity contribution in [3.05, 3.63) is 29.3 Å². The first-order chi connectivity index (χ1) is 13.6. The maximum atomic E-state index is 11.2. The molecule has 1 aliphatic carbocycles. The number of carbonyl (C=O) groups excluding carboxylic acids is 1. The predicted octanol–water partition coefficient (Wildman–Crippen LogP) is 4.41. The molecule has 28 heavy (non-hydrogen) atoms. The summed E-state index contributed by atoms with van der Waals surface area (Å²) in [7, 11) is 0. The zero-order chi connectivity index (χ0) is 20.2. The minimum absolute atomic E-state index is 0.173. The van der Waals surface area contributed by atoms with Gasteiger partial charge in [0.1, 0.15) is 5.75 Å². The molecule has 0 bridgehead atoms. The van der Waals surface area contributed by atoms with Gasteiger partial charge in [0.2, 0.25) is 0 Å². The number of carbonyl (C=O) groups is 1. The van der Waals surface area contributed by atoms with Crippen molar-refractivity contribution >= 4 is 17.9 Å². The molecule has 0 radical (unpaired) electrons. The molecule has 0 heterocycles. The third-order valence-corrected chi connectivity index (χ3v) is 5.70. The number of benzene rings is 1. The summed E-state index contributed by atoms with van der Waals surface area (Å²) in [6, 6.07) is 6.82. The van der Waals surface area contributed by atoms with Crippen LogP contribution in [0.5, 0.6) is 5.75 Å². The lowest BCUT2D eigenvalue weighted by Crippen LogP contribution is -2.25. The monoisotopic (exact) mass is 408 g/mol. The summed E-state index contributed by atoms with van der Waals surface area (Å²) >= 11 is 1.79. The van der Waals surface area contributed by atoms with Gasteiger partial charge >= 0.3 is 5.97 Å². The van der Waals surface area contributed by atoms with Gasteiger partial charge in [0, 0.05) is 11.8 Å². The summed E-state index contributed by atoms with van der Waals surface area (Å²) in [4.78, 5) is 11.2. The lowest BCUT2D eigenvalue weighted by atomic mass is 10.1. The molecule has 0 aromatic heterocycles. The van der Waals surface area contributed by atoms with Gasteiger partial charge in [0.25, 0.3) is 0 Å². The SMILES string of the molecule is CCOC(=O)CNCCCCCSN[C@@H](C)c1cc(C)cc(OCC2CC2)c1. The number of nitrogens with one attached hydrogen (secondary N) is 2. The molecule has 2 N–H and O–H groups in total. The highest BCUT2D eigenvalue weighted by Gasteiger charge is 2.22. The first kappa shape index (κ1) is 23.0. The fourth-order valence-electron chi connectivity index (χ4n) is 2.86. The van der Waals surface area contributed by atoms with Crippen molar-refractivity contribution in [1.82, 2.24) is 10.0 Å². The first-order valence-corrected chi connectivity index (χ1v) is 11.5. The molecule has 1 atom stereocenters. The van der Waals surface area contributed by atoms with Crippen LogP contribution in [0.25, 0.3) is 0 Å². The molecule has 0 saturated heterocycles.